The molecule has 0 saturated heterocycles. The average molecular weight is 520 g/mol. The van der Waals surface area contributed by atoms with E-state index in [0.717, 1.165) is 54.2 Å². The quantitative estimate of drug-likeness (QED) is 0.375. The molecule has 4 aliphatic heterocycles. The fourth-order valence-electron chi connectivity index (χ4n) is 3.05. The summed E-state index contributed by atoms with van der Waals surface area (Å²) in [5.41, 5.74) is 5.41. The predicted molar refractivity (Wildman–Crippen MR) is 148 cm³/mol. The second kappa shape index (κ2) is 17.5. The zero-order valence-corrected chi connectivity index (χ0v) is 24.8. The minimum absolute atomic E-state index is 0.400. The van der Waals surface area contributed by atoms with Crippen LogP contribution in [0.4, 0.5) is 0 Å². The molecule has 7 nitrogen and oxygen atoms in total. The molecule has 0 atom stereocenters. The van der Waals surface area contributed by atoms with Gasteiger partial charge < -0.3 is 33.4 Å². The van der Waals surface area contributed by atoms with E-state index in [-0.39, 0.29) is 0 Å². The molecule has 1 N–H and O–H groups in total. The van der Waals surface area contributed by atoms with Crippen LogP contribution in [-0.4, -0.2) is 38.2 Å². The van der Waals surface area contributed by atoms with Gasteiger partial charge in [-0.3, -0.25) is 0 Å². The second-order valence-corrected chi connectivity index (χ2v) is 9.34. The fourth-order valence-corrected chi connectivity index (χ4v) is 3.05. The summed E-state index contributed by atoms with van der Waals surface area (Å²) in [6, 6.07) is 2.06. The van der Waals surface area contributed by atoms with Gasteiger partial charge in [0.15, 0.2) is 0 Å². The molecule has 0 aliphatic carbocycles. The van der Waals surface area contributed by atoms with E-state index in [1.54, 1.807) is 0 Å². The largest absolute Gasteiger partial charge is 0.498 e. The smallest absolute Gasteiger partial charge is 0.230 e. The summed E-state index contributed by atoms with van der Waals surface area (Å²) in [6.45, 7) is 23.7. The number of H-pyrrole nitrogens is 1. The van der Waals surface area contributed by atoms with Gasteiger partial charge in [-0.15, -0.1) is 0 Å². The average Bonchev–Trinajstić information content (AvgIpc) is 3.56. The number of aryl methyl sites for hydroxylation is 2. The Balaban J connectivity index is 0.000000232. The molecular formula is C30H49NO6. The first-order chi connectivity index (χ1) is 17.5. The molecule has 0 amide bonds. The van der Waals surface area contributed by atoms with Crippen LogP contribution >= 0.6 is 0 Å². The number of aromatic nitrogens is 1. The van der Waals surface area contributed by atoms with Gasteiger partial charge in [-0.2, -0.15) is 0 Å². The molecule has 5 heterocycles. The molecule has 4 aliphatic rings. The lowest BCUT2D eigenvalue weighted by Gasteiger charge is -2.16. The number of ether oxygens (including phenoxy) is 6. The van der Waals surface area contributed by atoms with E-state index in [4.69, 9.17) is 28.4 Å². The molecule has 1 aromatic heterocycles. The van der Waals surface area contributed by atoms with Crippen LogP contribution in [0.5, 0.6) is 0 Å². The molecule has 0 aromatic carbocycles. The third kappa shape index (κ3) is 13.2. The first-order valence-corrected chi connectivity index (χ1v) is 13.1. The van der Waals surface area contributed by atoms with Gasteiger partial charge >= 0.3 is 0 Å². The Kier molecular flexibility index (Phi) is 15.2. The van der Waals surface area contributed by atoms with Gasteiger partial charge in [0.1, 0.15) is 36.3 Å². The van der Waals surface area contributed by atoms with Crippen molar-refractivity contribution in [2.75, 3.05) is 33.2 Å². The van der Waals surface area contributed by atoms with E-state index in [1.807, 2.05) is 47.7 Å². The van der Waals surface area contributed by atoms with Crippen molar-refractivity contribution in [2.45, 2.75) is 88.5 Å². The second-order valence-electron chi connectivity index (χ2n) is 9.34. The van der Waals surface area contributed by atoms with Crippen LogP contribution in [-0.2, 0) is 28.4 Å². The van der Waals surface area contributed by atoms with Gasteiger partial charge in [0.2, 0.25) is 6.79 Å². The van der Waals surface area contributed by atoms with Crippen LogP contribution in [0.3, 0.4) is 0 Å². The minimum Gasteiger partial charge on any atom is -0.498 e. The zero-order valence-electron chi connectivity index (χ0n) is 24.8. The Morgan fingerprint density at radius 1 is 0.514 bits per heavy atom. The summed E-state index contributed by atoms with van der Waals surface area (Å²) in [5.74, 6) is 5.89. The fraction of sp³-hybridized carbons (Fsp3) is 0.600. The summed E-state index contributed by atoms with van der Waals surface area (Å²) in [6.07, 6.45) is 5.51. The first kappa shape index (κ1) is 32.1. The van der Waals surface area contributed by atoms with Gasteiger partial charge in [-0.1, -0.05) is 0 Å². The summed E-state index contributed by atoms with van der Waals surface area (Å²) < 4.78 is 30.5. The van der Waals surface area contributed by atoms with E-state index in [2.05, 4.69) is 38.7 Å². The molecule has 37 heavy (non-hydrogen) atoms. The van der Waals surface area contributed by atoms with Gasteiger partial charge in [-0.05, 0) is 105 Å². The van der Waals surface area contributed by atoms with Crippen molar-refractivity contribution in [2.24, 2.45) is 0 Å². The maximum absolute atomic E-state index is 5.27. The van der Waals surface area contributed by atoms with Crippen LogP contribution in [0.1, 0.15) is 85.9 Å². The molecular weight excluding hydrogens is 470 g/mol. The van der Waals surface area contributed by atoms with Crippen molar-refractivity contribution in [3.05, 3.63) is 69.2 Å². The van der Waals surface area contributed by atoms with Crippen molar-refractivity contribution in [3.8, 4) is 0 Å². The van der Waals surface area contributed by atoms with Crippen LogP contribution < -0.4 is 0 Å². The first-order valence-electron chi connectivity index (χ1n) is 13.1. The molecule has 0 bridgehead atoms. The van der Waals surface area contributed by atoms with Gasteiger partial charge in [0.25, 0.3) is 0 Å². The van der Waals surface area contributed by atoms with Crippen LogP contribution in [0, 0.1) is 13.8 Å². The van der Waals surface area contributed by atoms with Gasteiger partial charge in [0, 0.05) is 18.3 Å². The SMILES string of the molecule is CC1=C(C)OCC1.CC1=C(C)OCCC1.CC1=C(C)OCCO1.CC1=C(C)OCO1.Cc1cc[nH]c1C. The highest BCUT2D eigenvalue weighted by Gasteiger charge is 2.06. The summed E-state index contributed by atoms with van der Waals surface area (Å²) >= 11 is 0. The number of nitrogens with one attached hydrogen (secondary N) is 1. The normalized spacial score (nSPS) is 18.0. The highest BCUT2D eigenvalue weighted by atomic mass is 16.7. The maximum atomic E-state index is 5.27. The van der Waals surface area contributed by atoms with Gasteiger partial charge in [0.05, 0.1) is 24.7 Å². The highest BCUT2D eigenvalue weighted by Crippen LogP contribution is 2.17. The van der Waals surface area contributed by atoms with E-state index in [9.17, 15) is 0 Å². The van der Waals surface area contributed by atoms with Crippen LogP contribution in [0.25, 0.3) is 0 Å². The standard InChI is InChI=1S/C7H12O.C6H9N.C6H10O2.C6H10O.C5H8O2/c1-6-4-3-5-8-7(6)2;1-5-3-4-7-6(5)2;1-5-6(2)8-4-3-7-5;1-5-3-4-7-6(5)2;1-4-5(2)7-3-6-4/h3-5H2,1-2H3;3-4,7H,1-2H3;3-4H2,1-2H3;3-4H2,1-2H3;3H2,1-2H3. The van der Waals surface area contributed by atoms with Crippen molar-refractivity contribution in [3.63, 3.8) is 0 Å². The number of hydrogen-bond donors (Lipinski definition) is 1. The monoisotopic (exact) mass is 519 g/mol. The molecule has 210 valence electrons. The third-order valence-corrected chi connectivity index (χ3v) is 6.50. The van der Waals surface area contributed by atoms with E-state index in [0.29, 0.717) is 20.0 Å². The van der Waals surface area contributed by atoms with E-state index in [1.165, 1.54) is 35.2 Å². The summed E-state index contributed by atoms with van der Waals surface area (Å²) in [5, 5.41) is 0. The molecule has 0 unspecified atom stereocenters. The van der Waals surface area contributed by atoms with Gasteiger partial charge in [-0.25, -0.2) is 0 Å². The third-order valence-electron chi connectivity index (χ3n) is 6.50. The molecule has 0 radical (unpaired) electrons. The Morgan fingerprint density at radius 2 is 0.973 bits per heavy atom. The molecule has 1 aromatic rings. The van der Waals surface area contributed by atoms with E-state index < -0.39 is 0 Å². The lowest BCUT2D eigenvalue weighted by atomic mass is 10.1. The number of rotatable bonds is 0. The summed E-state index contributed by atoms with van der Waals surface area (Å²) in [4.78, 5) is 3.07. The molecule has 5 rings (SSSR count). The zero-order chi connectivity index (χ0) is 27.8. The molecule has 0 spiro atoms. The lowest BCUT2D eigenvalue weighted by molar-refractivity contribution is 0.0648. The number of allylic oxidation sites excluding steroid dienone is 7. The van der Waals surface area contributed by atoms with Crippen LogP contribution in [0.2, 0.25) is 0 Å². The van der Waals surface area contributed by atoms with Crippen molar-refractivity contribution >= 4 is 0 Å². The topological polar surface area (TPSA) is 71.2 Å². The summed E-state index contributed by atoms with van der Waals surface area (Å²) in [7, 11) is 0. The number of aromatic amines is 1. The van der Waals surface area contributed by atoms with Crippen molar-refractivity contribution < 1.29 is 28.4 Å². The highest BCUT2D eigenvalue weighted by molar-refractivity contribution is 5.15. The Hall–Kier alpha value is -2.96. The van der Waals surface area contributed by atoms with Crippen molar-refractivity contribution in [1.29, 1.82) is 0 Å². The number of hydrogen-bond acceptors (Lipinski definition) is 6. The Bertz CT molecular complexity index is 825. The Morgan fingerprint density at radius 3 is 1.19 bits per heavy atom. The van der Waals surface area contributed by atoms with Crippen LogP contribution in [0.15, 0.2) is 58.0 Å². The lowest BCUT2D eigenvalue weighted by Crippen LogP contribution is -2.10. The Labute approximate surface area is 224 Å². The maximum Gasteiger partial charge on any atom is 0.230 e. The molecule has 7 heteroatoms. The van der Waals surface area contributed by atoms with Crippen molar-refractivity contribution in [1.82, 2.24) is 4.98 Å². The minimum atomic E-state index is 0.400. The predicted octanol–water partition coefficient (Wildman–Crippen LogP) is 7.95. The van der Waals surface area contributed by atoms with E-state index >= 15 is 0 Å². The molecule has 0 fully saturated rings. The molecule has 0 saturated carbocycles.